The molecular weight excluding hydrogens is 364 g/mol. The van der Waals surface area contributed by atoms with Gasteiger partial charge in [-0.15, -0.1) is 0 Å². The van der Waals surface area contributed by atoms with Crippen molar-refractivity contribution in [2.75, 3.05) is 10.8 Å². The van der Waals surface area contributed by atoms with Crippen LogP contribution in [0.3, 0.4) is 0 Å². The average molecular weight is 374 g/mol. The molecule has 0 saturated carbocycles. The first kappa shape index (κ1) is 14.5. The number of nitrogens with zero attached hydrogens (tertiary/aromatic N) is 1. The largest absolute Gasteiger partial charge is 0.266 e. The lowest BCUT2D eigenvalue weighted by Crippen LogP contribution is -2.29. The van der Waals surface area contributed by atoms with Gasteiger partial charge in [-0.05, 0) is 36.8 Å². The fraction of sp³-hybridized carbons (Fsp3) is 0.143. The molecule has 2 aromatic rings. The van der Waals surface area contributed by atoms with Crippen LogP contribution in [0.2, 0.25) is 0 Å². The van der Waals surface area contributed by atoms with Crippen LogP contribution in [-0.4, -0.2) is 15.0 Å². The molecule has 0 bridgehead atoms. The third kappa shape index (κ3) is 2.44. The topological polar surface area (TPSA) is 37.4 Å². The smallest absolute Gasteiger partial charge is 0.264 e. The zero-order chi connectivity index (χ0) is 15.2. The summed E-state index contributed by atoms with van der Waals surface area (Å²) in [5.41, 5.74) is 0.313. The van der Waals surface area contributed by atoms with Gasteiger partial charge in [-0.3, -0.25) is 4.31 Å². The van der Waals surface area contributed by atoms with Gasteiger partial charge in [0.2, 0.25) is 0 Å². The predicted octanol–water partition coefficient (Wildman–Crippen LogP) is 3.48. The van der Waals surface area contributed by atoms with Gasteiger partial charge in [0.1, 0.15) is 11.6 Å². The zero-order valence-corrected chi connectivity index (χ0v) is 13.1. The summed E-state index contributed by atoms with van der Waals surface area (Å²) in [4.78, 5) is 0.0863. The van der Waals surface area contributed by atoms with Crippen molar-refractivity contribution in [1.82, 2.24) is 0 Å². The van der Waals surface area contributed by atoms with E-state index in [4.69, 9.17) is 0 Å². The van der Waals surface area contributed by atoms with Crippen molar-refractivity contribution in [2.45, 2.75) is 11.3 Å². The van der Waals surface area contributed by atoms with E-state index in [0.29, 0.717) is 0 Å². The van der Waals surface area contributed by atoms with Crippen molar-refractivity contribution in [3.05, 3.63) is 58.1 Å². The monoisotopic (exact) mass is 373 g/mol. The highest BCUT2D eigenvalue weighted by Gasteiger charge is 2.33. The number of anilines is 1. The van der Waals surface area contributed by atoms with Crippen LogP contribution in [0.4, 0.5) is 14.5 Å². The Balaban J connectivity index is 2.10. The normalized spacial score (nSPS) is 14.3. The van der Waals surface area contributed by atoms with E-state index in [1.54, 1.807) is 12.1 Å². The van der Waals surface area contributed by atoms with Gasteiger partial charge >= 0.3 is 0 Å². The third-order valence-corrected chi connectivity index (χ3v) is 5.73. The van der Waals surface area contributed by atoms with Gasteiger partial charge in [-0.1, -0.05) is 15.9 Å². The summed E-state index contributed by atoms with van der Waals surface area (Å²) >= 11 is 3.23. The Labute approximate surface area is 129 Å². The van der Waals surface area contributed by atoms with Gasteiger partial charge in [0.05, 0.1) is 10.6 Å². The minimum absolute atomic E-state index is 0.0791. The van der Waals surface area contributed by atoms with E-state index in [-0.39, 0.29) is 29.1 Å². The van der Waals surface area contributed by atoms with E-state index >= 15 is 0 Å². The molecule has 0 atom stereocenters. The highest BCUT2D eigenvalue weighted by molar-refractivity contribution is 9.10. The maximum Gasteiger partial charge on any atom is 0.264 e. The van der Waals surface area contributed by atoms with Crippen molar-refractivity contribution in [3.8, 4) is 0 Å². The molecule has 21 heavy (non-hydrogen) atoms. The quantitative estimate of drug-likeness (QED) is 0.807. The first-order valence-corrected chi connectivity index (χ1v) is 8.39. The first-order chi connectivity index (χ1) is 9.89. The molecule has 110 valence electrons. The molecule has 1 aliphatic heterocycles. The van der Waals surface area contributed by atoms with Crippen LogP contribution in [0.15, 0.2) is 45.8 Å². The predicted molar refractivity (Wildman–Crippen MR) is 78.7 cm³/mol. The van der Waals surface area contributed by atoms with Crippen LogP contribution >= 0.6 is 15.9 Å². The highest BCUT2D eigenvalue weighted by atomic mass is 79.9. The van der Waals surface area contributed by atoms with E-state index in [9.17, 15) is 17.2 Å². The maximum absolute atomic E-state index is 13.7. The Hall–Kier alpha value is -1.47. The van der Waals surface area contributed by atoms with Crippen LogP contribution in [0.1, 0.15) is 5.56 Å². The van der Waals surface area contributed by atoms with E-state index in [1.165, 1.54) is 12.1 Å². The van der Waals surface area contributed by atoms with Crippen LogP contribution in [-0.2, 0) is 16.4 Å². The van der Waals surface area contributed by atoms with Crippen LogP contribution in [0.25, 0.3) is 0 Å². The Kier molecular flexibility index (Phi) is 3.49. The van der Waals surface area contributed by atoms with E-state index < -0.39 is 21.7 Å². The molecule has 0 aromatic heterocycles. The molecule has 1 aliphatic rings. The summed E-state index contributed by atoms with van der Waals surface area (Å²) in [6.45, 7) is 0.105. The second-order valence-electron chi connectivity index (χ2n) is 4.67. The van der Waals surface area contributed by atoms with Gasteiger partial charge in [0, 0.05) is 22.6 Å². The molecule has 0 unspecified atom stereocenters. The van der Waals surface area contributed by atoms with Crippen molar-refractivity contribution in [1.29, 1.82) is 0 Å². The molecule has 0 aliphatic carbocycles. The van der Waals surface area contributed by atoms with E-state index in [0.717, 1.165) is 20.9 Å². The zero-order valence-electron chi connectivity index (χ0n) is 10.7. The van der Waals surface area contributed by atoms with Crippen molar-refractivity contribution >= 4 is 31.6 Å². The molecule has 1 heterocycles. The fourth-order valence-electron chi connectivity index (χ4n) is 2.38. The number of hydrogen-bond donors (Lipinski definition) is 0. The standard InChI is InChI=1S/C14H10BrF2NO2S/c15-9-1-3-11(4-2-9)21(19,20)18-6-5-12-13(17)7-10(16)8-14(12)18/h1-4,7-8H,5-6H2. The molecule has 0 N–H and O–H groups in total. The molecule has 0 spiro atoms. The van der Waals surface area contributed by atoms with Gasteiger partial charge in [-0.25, -0.2) is 17.2 Å². The molecular formula is C14H10BrF2NO2S. The Morgan fingerprint density at radius 3 is 2.43 bits per heavy atom. The summed E-state index contributed by atoms with van der Waals surface area (Å²) in [7, 11) is -3.82. The molecule has 7 heteroatoms. The van der Waals surface area contributed by atoms with Crippen LogP contribution in [0.5, 0.6) is 0 Å². The summed E-state index contributed by atoms with van der Waals surface area (Å²) in [6.07, 6.45) is 0.233. The van der Waals surface area contributed by atoms with Crippen LogP contribution in [0, 0.1) is 11.6 Å². The lowest BCUT2D eigenvalue weighted by atomic mass is 10.1. The fourth-order valence-corrected chi connectivity index (χ4v) is 4.13. The second-order valence-corrected chi connectivity index (χ2v) is 7.44. The van der Waals surface area contributed by atoms with Gasteiger partial charge in [0.15, 0.2) is 0 Å². The molecule has 0 fully saturated rings. The number of benzene rings is 2. The molecule has 3 rings (SSSR count). The summed E-state index contributed by atoms with van der Waals surface area (Å²) < 4.78 is 54.1. The van der Waals surface area contributed by atoms with E-state index in [2.05, 4.69) is 15.9 Å². The molecule has 0 radical (unpaired) electrons. The van der Waals surface area contributed by atoms with Crippen molar-refractivity contribution < 1.29 is 17.2 Å². The minimum atomic E-state index is -3.82. The van der Waals surface area contributed by atoms with Gasteiger partial charge in [-0.2, -0.15) is 0 Å². The van der Waals surface area contributed by atoms with Gasteiger partial charge in [0.25, 0.3) is 10.0 Å². The Morgan fingerprint density at radius 1 is 1.10 bits per heavy atom. The SMILES string of the molecule is O=S(=O)(c1ccc(Br)cc1)N1CCc2c(F)cc(F)cc21. The maximum atomic E-state index is 13.7. The van der Waals surface area contributed by atoms with Gasteiger partial charge < -0.3 is 0 Å². The first-order valence-electron chi connectivity index (χ1n) is 6.16. The number of halogens is 3. The number of rotatable bonds is 2. The van der Waals surface area contributed by atoms with Crippen LogP contribution < -0.4 is 4.31 Å². The molecule has 0 amide bonds. The summed E-state index contributed by atoms with van der Waals surface area (Å²) in [6, 6.07) is 7.95. The third-order valence-electron chi connectivity index (χ3n) is 3.37. The van der Waals surface area contributed by atoms with Crippen molar-refractivity contribution in [3.63, 3.8) is 0 Å². The highest BCUT2D eigenvalue weighted by Crippen LogP contribution is 2.35. The number of hydrogen-bond acceptors (Lipinski definition) is 2. The van der Waals surface area contributed by atoms with E-state index in [1.807, 2.05) is 0 Å². The lowest BCUT2D eigenvalue weighted by molar-refractivity contribution is 0.577. The minimum Gasteiger partial charge on any atom is -0.266 e. The second kappa shape index (κ2) is 5.06. The Bertz CT molecular complexity index is 806. The number of fused-ring (bicyclic) bond motifs is 1. The molecule has 3 nitrogen and oxygen atoms in total. The van der Waals surface area contributed by atoms with Crippen molar-refractivity contribution in [2.24, 2.45) is 0 Å². The average Bonchev–Trinajstić information content (AvgIpc) is 2.83. The lowest BCUT2D eigenvalue weighted by Gasteiger charge is -2.19. The summed E-state index contributed by atoms with van der Waals surface area (Å²) in [5, 5.41) is 0. The Morgan fingerprint density at radius 2 is 1.76 bits per heavy atom. The number of sulfonamides is 1. The summed E-state index contributed by atoms with van der Waals surface area (Å²) in [5.74, 6) is -1.50. The molecule has 0 saturated heterocycles. The molecule has 2 aromatic carbocycles.